The quantitative estimate of drug-likeness (QED) is 0.426. The maximum atomic E-state index is 4.47. The first-order valence-corrected chi connectivity index (χ1v) is 10.5. The molecule has 0 amide bonds. The summed E-state index contributed by atoms with van der Waals surface area (Å²) >= 11 is 0. The third kappa shape index (κ3) is 2.61. The van der Waals surface area contributed by atoms with Crippen molar-refractivity contribution >= 4 is 21.8 Å². The number of nitrogens with one attached hydrogen (secondary N) is 2. The molecule has 1 aliphatic heterocycles. The van der Waals surface area contributed by atoms with Crippen LogP contribution in [0.2, 0.25) is 0 Å². The van der Waals surface area contributed by atoms with Crippen LogP contribution in [-0.4, -0.2) is 21.1 Å². The Balaban J connectivity index is 1.60. The second-order valence-corrected chi connectivity index (χ2v) is 8.37. The van der Waals surface area contributed by atoms with Crippen molar-refractivity contribution in [2.75, 3.05) is 6.54 Å². The molecule has 0 spiro atoms. The van der Waals surface area contributed by atoms with Gasteiger partial charge in [-0.3, -0.25) is 4.98 Å². The van der Waals surface area contributed by atoms with E-state index >= 15 is 0 Å². The van der Waals surface area contributed by atoms with E-state index < -0.39 is 0 Å². The zero-order valence-electron chi connectivity index (χ0n) is 17.3. The van der Waals surface area contributed by atoms with Gasteiger partial charge in [-0.05, 0) is 78.5 Å². The van der Waals surface area contributed by atoms with Crippen LogP contribution in [0, 0.1) is 6.92 Å². The van der Waals surface area contributed by atoms with Gasteiger partial charge in [0.15, 0.2) is 0 Å². The van der Waals surface area contributed by atoms with E-state index in [-0.39, 0.29) is 0 Å². The van der Waals surface area contributed by atoms with Gasteiger partial charge >= 0.3 is 0 Å². The van der Waals surface area contributed by atoms with Crippen LogP contribution < -0.4 is 5.32 Å². The Morgan fingerprint density at radius 2 is 1.93 bits per heavy atom. The summed E-state index contributed by atoms with van der Waals surface area (Å²) in [6.45, 7) is 4.15. The first-order chi connectivity index (χ1) is 14.7. The van der Waals surface area contributed by atoms with Gasteiger partial charge in [-0.2, -0.15) is 0 Å². The van der Waals surface area contributed by atoms with E-state index in [4.69, 9.17) is 0 Å². The summed E-state index contributed by atoms with van der Waals surface area (Å²) in [6.07, 6.45) is 7.09. The normalized spacial score (nSPS) is 13.8. The molecule has 5 aromatic rings. The number of hydrogen-bond donors (Lipinski definition) is 2. The second kappa shape index (κ2) is 6.57. The average Bonchev–Trinajstić information content (AvgIpc) is 3.33. The van der Waals surface area contributed by atoms with Crippen LogP contribution in [0.3, 0.4) is 0 Å². The zero-order chi connectivity index (χ0) is 20.2. The molecule has 0 radical (unpaired) electrons. The lowest BCUT2D eigenvalue weighted by molar-refractivity contribution is 0.637. The van der Waals surface area contributed by atoms with E-state index in [0.29, 0.717) is 0 Å². The smallest absolute Gasteiger partial charge is 0.0539 e. The van der Waals surface area contributed by atoms with Gasteiger partial charge < -0.3 is 14.9 Å². The molecule has 2 aromatic carbocycles. The number of benzene rings is 2. The first kappa shape index (κ1) is 17.5. The summed E-state index contributed by atoms with van der Waals surface area (Å²) in [5.74, 6) is 0. The Bertz CT molecular complexity index is 1420. The molecule has 4 heteroatoms. The van der Waals surface area contributed by atoms with Crippen LogP contribution in [0.25, 0.3) is 44.1 Å². The Morgan fingerprint density at radius 3 is 2.87 bits per heavy atom. The number of pyridine rings is 1. The number of aromatic amines is 1. The standard InChI is InChI=1S/C26H24N4/c1-16-11-21(26-22(12-16)20-6-9-28-15-24(20)29-26)19-5-8-27-14-23(19)17-3-4-25-18(13-17)7-10-30(25)2/h3-5,7-8,10-14,28-29H,6,9,15H2,1-2H3. The number of H-pyrrole nitrogens is 1. The number of rotatable bonds is 2. The fraction of sp³-hybridized carbons (Fsp3) is 0.192. The fourth-order valence-corrected chi connectivity index (χ4v) is 4.93. The maximum Gasteiger partial charge on any atom is 0.0539 e. The highest BCUT2D eigenvalue weighted by atomic mass is 14.9. The van der Waals surface area contributed by atoms with E-state index in [0.717, 1.165) is 19.5 Å². The Labute approximate surface area is 175 Å². The molecule has 3 aromatic heterocycles. The van der Waals surface area contributed by atoms with E-state index in [2.05, 4.69) is 82.5 Å². The predicted octanol–water partition coefficient (Wildman–Crippen LogP) is 5.34. The van der Waals surface area contributed by atoms with Gasteiger partial charge in [0.25, 0.3) is 0 Å². The number of nitrogens with zero attached hydrogens (tertiary/aromatic N) is 2. The largest absolute Gasteiger partial charge is 0.357 e. The van der Waals surface area contributed by atoms with Crippen molar-refractivity contribution in [1.29, 1.82) is 0 Å². The molecular formula is C26H24N4. The summed E-state index contributed by atoms with van der Waals surface area (Å²) in [7, 11) is 2.09. The topological polar surface area (TPSA) is 45.6 Å². The van der Waals surface area contributed by atoms with Gasteiger partial charge in [0.2, 0.25) is 0 Å². The van der Waals surface area contributed by atoms with Gasteiger partial charge in [0, 0.05) is 65.3 Å². The van der Waals surface area contributed by atoms with Crippen molar-refractivity contribution in [2.45, 2.75) is 19.9 Å². The molecule has 30 heavy (non-hydrogen) atoms. The van der Waals surface area contributed by atoms with Gasteiger partial charge in [0.1, 0.15) is 0 Å². The van der Waals surface area contributed by atoms with Crippen LogP contribution >= 0.6 is 0 Å². The molecule has 0 unspecified atom stereocenters. The second-order valence-electron chi connectivity index (χ2n) is 8.37. The highest BCUT2D eigenvalue weighted by Gasteiger charge is 2.19. The van der Waals surface area contributed by atoms with Crippen molar-refractivity contribution in [3.05, 3.63) is 77.9 Å². The summed E-state index contributed by atoms with van der Waals surface area (Å²) in [6, 6.07) is 15.6. The van der Waals surface area contributed by atoms with Crippen molar-refractivity contribution in [3.8, 4) is 22.3 Å². The lowest BCUT2D eigenvalue weighted by Gasteiger charge is -2.13. The molecule has 0 aliphatic carbocycles. The molecule has 0 saturated carbocycles. The fourth-order valence-electron chi connectivity index (χ4n) is 4.93. The lowest BCUT2D eigenvalue weighted by Crippen LogP contribution is -2.22. The molecule has 0 bridgehead atoms. The molecule has 4 heterocycles. The molecule has 0 fully saturated rings. The Hall–Kier alpha value is -3.37. The van der Waals surface area contributed by atoms with E-state index in [9.17, 15) is 0 Å². The van der Waals surface area contributed by atoms with Crippen molar-refractivity contribution in [3.63, 3.8) is 0 Å². The monoisotopic (exact) mass is 392 g/mol. The molecule has 148 valence electrons. The SMILES string of the molecule is Cc1cc(-c2ccncc2-c2ccc3c(ccn3C)c2)c2[nH]c3c(c2c1)CCNC3. The van der Waals surface area contributed by atoms with Gasteiger partial charge in [-0.1, -0.05) is 6.07 Å². The number of aryl methyl sites for hydroxylation is 2. The summed E-state index contributed by atoms with van der Waals surface area (Å²) in [5, 5.41) is 6.10. The highest BCUT2D eigenvalue weighted by Crippen LogP contribution is 2.39. The molecule has 1 aliphatic rings. The van der Waals surface area contributed by atoms with Crippen LogP contribution in [-0.2, 0) is 20.0 Å². The Morgan fingerprint density at radius 1 is 1.00 bits per heavy atom. The third-order valence-corrected chi connectivity index (χ3v) is 6.41. The van der Waals surface area contributed by atoms with Crippen LogP contribution in [0.1, 0.15) is 16.8 Å². The number of hydrogen-bond acceptors (Lipinski definition) is 2. The van der Waals surface area contributed by atoms with Gasteiger partial charge in [0.05, 0.1) is 5.52 Å². The minimum atomic E-state index is 0.913. The third-order valence-electron chi connectivity index (χ3n) is 6.41. The lowest BCUT2D eigenvalue weighted by atomic mass is 9.92. The summed E-state index contributed by atoms with van der Waals surface area (Å²) < 4.78 is 2.16. The Kier molecular flexibility index (Phi) is 3.83. The van der Waals surface area contributed by atoms with Gasteiger partial charge in [-0.25, -0.2) is 0 Å². The molecule has 6 rings (SSSR count). The summed E-state index contributed by atoms with van der Waals surface area (Å²) in [4.78, 5) is 8.21. The maximum absolute atomic E-state index is 4.47. The first-order valence-electron chi connectivity index (χ1n) is 10.5. The predicted molar refractivity (Wildman–Crippen MR) is 124 cm³/mol. The van der Waals surface area contributed by atoms with Crippen molar-refractivity contribution < 1.29 is 0 Å². The number of fused-ring (bicyclic) bond motifs is 4. The van der Waals surface area contributed by atoms with Gasteiger partial charge in [-0.15, -0.1) is 0 Å². The average molecular weight is 393 g/mol. The molecule has 0 saturated heterocycles. The zero-order valence-corrected chi connectivity index (χ0v) is 17.3. The molecule has 2 N–H and O–H groups in total. The highest BCUT2D eigenvalue weighted by molar-refractivity contribution is 6.01. The summed E-state index contributed by atoms with van der Waals surface area (Å²) in [5.41, 5.74) is 11.4. The van der Waals surface area contributed by atoms with Crippen LogP contribution in [0.4, 0.5) is 0 Å². The molecule has 0 atom stereocenters. The van der Waals surface area contributed by atoms with E-state index in [1.807, 2.05) is 12.4 Å². The minimum Gasteiger partial charge on any atom is -0.357 e. The van der Waals surface area contributed by atoms with Crippen molar-refractivity contribution in [2.24, 2.45) is 7.05 Å². The van der Waals surface area contributed by atoms with E-state index in [1.165, 1.54) is 60.9 Å². The number of aromatic nitrogens is 3. The minimum absolute atomic E-state index is 0.913. The molecule has 4 nitrogen and oxygen atoms in total. The van der Waals surface area contributed by atoms with Crippen LogP contribution in [0.15, 0.2) is 61.1 Å². The van der Waals surface area contributed by atoms with Crippen LogP contribution in [0.5, 0.6) is 0 Å². The molecular weight excluding hydrogens is 368 g/mol. The van der Waals surface area contributed by atoms with Crippen molar-refractivity contribution in [1.82, 2.24) is 19.9 Å². The van der Waals surface area contributed by atoms with E-state index in [1.54, 1.807) is 0 Å².